The van der Waals surface area contributed by atoms with Crippen LogP contribution in [0.1, 0.15) is 0 Å². The molecule has 0 unspecified atom stereocenters. The molecule has 0 saturated heterocycles. The Morgan fingerprint density at radius 1 is 0.857 bits per heavy atom. The minimum atomic E-state index is -3.82. The zero-order valence-corrected chi connectivity index (χ0v) is 12.4. The highest BCUT2D eigenvalue weighted by Crippen LogP contribution is 2.29. The van der Waals surface area contributed by atoms with Gasteiger partial charge >= 0.3 is 0 Å². The highest BCUT2D eigenvalue weighted by atomic mass is 35.7. The SMILES string of the molecule is O=S(=O)(Cl)c1cn[nH]c1-c1ccc(-c2ccccc2)cc1. The predicted molar refractivity (Wildman–Crippen MR) is 82.5 cm³/mol. The summed E-state index contributed by atoms with van der Waals surface area (Å²) >= 11 is 0. The van der Waals surface area contributed by atoms with Crippen LogP contribution in [0.2, 0.25) is 0 Å². The van der Waals surface area contributed by atoms with E-state index in [0.717, 1.165) is 11.1 Å². The lowest BCUT2D eigenvalue weighted by atomic mass is 10.0. The summed E-state index contributed by atoms with van der Waals surface area (Å²) in [5, 5.41) is 6.43. The molecule has 0 fully saturated rings. The number of hydrogen-bond acceptors (Lipinski definition) is 3. The molecule has 3 rings (SSSR count). The zero-order chi connectivity index (χ0) is 14.9. The van der Waals surface area contributed by atoms with E-state index >= 15 is 0 Å². The summed E-state index contributed by atoms with van der Waals surface area (Å²) in [7, 11) is 1.57. The first-order valence-corrected chi connectivity index (χ1v) is 8.50. The molecule has 1 N–H and O–H groups in total. The number of benzene rings is 2. The van der Waals surface area contributed by atoms with Gasteiger partial charge in [-0.25, -0.2) is 8.42 Å². The van der Waals surface area contributed by atoms with Crippen LogP contribution in [-0.2, 0) is 9.05 Å². The third kappa shape index (κ3) is 2.84. The Labute approximate surface area is 126 Å². The maximum absolute atomic E-state index is 11.5. The van der Waals surface area contributed by atoms with Gasteiger partial charge in [0.15, 0.2) is 0 Å². The Hall–Kier alpha value is -2.11. The van der Waals surface area contributed by atoms with Crippen LogP contribution in [0.15, 0.2) is 65.7 Å². The molecule has 6 heteroatoms. The van der Waals surface area contributed by atoms with Gasteiger partial charge in [-0.2, -0.15) is 5.10 Å². The summed E-state index contributed by atoms with van der Waals surface area (Å²) < 4.78 is 23.0. The maximum Gasteiger partial charge on any atom is 0.265 e. The van der Waals surface area contributed by atoms with Gasteiger partial charge in [-0.15, -0.1) is 0 Å². The van der Waals surface area contributed by atoms with Gasteiger partial charge < -0.3 is 0 Å². The van der Waals surface area contributed by atoms with Crippen LogP contribution in [0.3, 0.4) is 0 Å². The minimum Gasteiger partial charge on any atom is -0.276 e. The largest absolute Gasteiger partial charge is 0.276 e. The first-order chi connectivity index (χ1) is 10.1. The molecule has 0 aliphatic rings. The van der Waals surface area contributed by atoms with Gasteiger partial charge in [0.1, 0.15) is 4.90 Å². The topological polar surface area (TPSA) is 62.8 Å². The first-order valence-electron chi connectivity index (χ1n) is 6.19. The van der Waals surface area contributed by atoms with E-state index in [4.69, 9.17) is 10.7 Å². The summed E-state index contributed by atoms with van der Waals surface area (Å²) in [6.45, 7) is 0. The predicted octanol–water partition coefficient (Wildman–Crippen LogP) is 3.67. The van der Waals surface area contributed by atoms with Gasteiger partial charge in [0.25, 0.3) is 9.05 Å². The molecule has 1 aromatic heterocycles. The van der Waals surface area contributed by atoms with E-state index in [1.807, 2.05) is 54.6 Å². The number of H-pyrrole nitrogens is 1. The van der Waals surface area contributed by atoms with E-state index in [2.05, 4.69) is 10.2 Å². The molecule has 0 radical (unpaired) electrons. The summed E-state index contributed by atoms with van der Waals surface area (Å²) in [6.07, 6.45) is 1.21. The van der Waals surface area contributed by atoms with Crippen LogP contribution in [0.25, 0.3) is 22.4 Å². The van der Waals surface area contributed by atoms with E-state index in [1.165, 1.54) is 6.20 Å². The van der Waals surface area contributed by atoms with E-state index in [1.54, 1.807) is 0 Å². The summed E-state index contributed by atoms with van der Waals surface area (Å²) in [6, 6.07) is 17.4. The van der Waals surface area contributed by atoms with Gasteiger partial charge in [-0.1, -0.05) is 54.6 Å². The lowest BCUT2D eigenvalue weighted by Crippen LogP contribution is -1.91. The monoisotopic (exact) mass is 318 g/mol. The van der Waals surface area contributed by atoms with Gasteiger partial charge in [0.05, 0.1) is 11.9 Å². The number of rotatable bonds is 3. The van der Waals surface area contributed by atoms with Crippen molar-refractivity contribution in [2.45, 2.75) is 4.90 Å². The number of nitrogens with one attached hydrogen (secondary N) is 1. The average molecular weight is 319 g/mol. The fourth-order valence-electron chi connectivity index (χ4n) is 2.13. The molecular formula is C15H11ClN2O2S. The summed E-state index contributed by atoms with van der Waals surface area (Å²) in [5.41, 5.74) is 3.25. The quantitative estimate of drug-likeness (QED) is 0.749. The lowest BCUT2D eigenvalue weighted by Gasteiger charge is -2.04. The van der Waals surface area contributed by atoms with E-state index in [0.29, 0.717) is 11.3 Å². The second-order valence-corrected chi connectivity index (χ2v) is 7.02. The molecule has 1 heterocycles. The zero-order valence-electron chi connectivity index (χ0n) is 10.8. The lowest BCUT2D eigenvalue weighted by molar-refractivity contribution is 0.610. The van der Waals surface area contributed by atoms with Crippen molar-refractivity contribution in [2.24, 2.45) is 0 Å². The molecule has 21 heavy (non-hydrogen) atoms. The van der Waals surface area contributed by atoms with Crippen LogP contribution >= 0.6 is 10.7 Å². The number of hydrogen-bond donors (Lipinski definition) is 1. The molecule has 4 nitrogen and oxygen atoms in total. The highest BCUT2D eigenvalue weighted by Gasteiger charge is 2.18. The molecule has 0 spiro atoms. The highest BCUT2D eigenvalue weighted by molar-refractivity contribution is 8.13. The normalized spacial score (nSPS) is 11.5. The van der Waals surface area contributed by atoms with Crippen molar-refractivity contribution in [3.8, 4) is 22.4 Å². The molecule has 0 aliphatic heterocycles. The molecule has 0 saturated carbocycles. The Morgan fingerprint density at radius 3 is 2.05 bits per heavy atom. The molecule has 0 bridgehead atoms. The molecule has 3 aromatic rings. The van der Waals surface area contributed by atoms with Crippen molar-refractivity contribution in [1.82, 2.24) is 10.2 Å². The van der Waals surface area contributed by atoms with Crippen LogP contribution in [0, 0.1) is 0 Å². The molecule has 0 aliphatic carbocycles. The van der Waals surface area contributed by atoms with Gasteiger partial charge in [0.2, 0.25) is 0 Å². The Bertz CT molecular complexity index is 856. The van der Waals surface area contributed by atoms with Crippen molar-refractivity contribution >= 4 is 19.7 Å². The van der Waals surface area contributed by atoms with Crippen LogP contribution in [0.4, 0.5) is 0 Å². The van der Waals surface area contributed by atoms with Crippen LogP contribution < -0.4 is 0 Å². The maximum atomic E-state index is 11.5. The Morgan fingerprint density at radius 2 is 1.43 bits per heavy atom. The van der Waals surface area contributed by atoms with E-state index < -0.39 is 9.05 Å². The van der Waals surface area contributed by atoms with Crippen LogP contribution in [-0.4, -0.2) is 18.6 Å². The number of aromatic amines is 1. The number of nitrogens with zero attached hydrogens (tertiary/aromatic N) is 1. The second-order valence-electron chi connectivity index (χ2n) is 4.49. The number of aromatic nitrogens is 2. The molecular weight excluding hydrogens is 308 g/mol. The van der Waals surface area contributed by atoms with Crippen LogP contribution in [0.5, 0.6) is 0 Å². The molecule has 0 amide bonds. The third-order valence-electron chi connectivity index (χ3n) is 3.15. The van der Waals surface area contributed by atoms with Crippen molar-refractivity contribution in [2.75, 3.05) is 0 Å². The molecule has 0 atom stereocenters. The first kappa shape index (κ1) is 13.9. The fourth-order valence-corrected chi connectivity index (χ4v) is 3.06. The van der Waals surface area contributed by atoms with Gasteiger partial charge in [0, 0.05) is 16.2 Å². The van der Waals surface area contributed by atoms with E-state index in [9.17, 15) is 8.42 Å². The van der Waals surface area contributed by atoms with E-state index in [-0.39, 0.29) is 4.90 Å². The van der Waals surface area contributed by atoms with Gasteiger partial charge in [-0.05, 0) is 11.1 Å². The Kier molecular flexibility index (Phi) is 3.53. The minimum absolute atomic E-state index is 0.0170. The smallest absolute Gasteiger partial charge is 0.265 e. The summed E-state index contributed by atoms with van der Waals surface area (Å²) in [5.74, 6) is 0. The molecule has 106 valence electrons. The number of halogens is 1. The van der Waals surface area contributed by atoms with Gasteiger partial charge in [-0.3, -0.25) is 5.10 Å². The van der Waals surface area contributed by atoms with Crippen molar-refractivity contribution in [3.05, 3.63) is 60.8 Å². The Balaban J connectivity index is 2.01. The standard InChI is InChI=1S/C15H11ClN2O2S/c16-21(19,20)14-10-17-18-15(14)13-8-6-12(7-9-13)11-4-2-1-3-5-11/h1-10H,(H,17,18). The molecule has 2 aromatic carbocycles. The fraction of sp³-hybridized carbons (Fsp3) is 0. The van der Waals surface area contributed by atoms with Crippen molar-refractivity contribution < 1.29 is 8.42 Å². The second kappa shape index (κ2) is 5.35. The average Bonchev–Trinajstić information content (AvgIpc) is 2.98. The van der Waals surface area contributed by atoms with Crippen molar-refractivity contribution in [1.29, 1.82) is 0 Å². The van der Waals surface area contributed by atoms with Crippen molar-refractivity contribution in [3.63, 3.8) is 0 Å². The third-order valence-corrected chi connectivity index (χ3v) is 4.48. The summed E-state index contributed by atoms with van der Waals surface area (Å²) in [4.78, 5) is -0.0170.